The molecule has 2 heterocycles. The molecule has 1 aliphatic rings. The molecule has 1 aromatic carbocycles. The summed E-state index contributed by atoms with van der Waals surface area (Å²) in [5.41, 5.74) is 1.20. The summed E-state index contributed by atoms with van der Waals surface area (Å²) >= 11 is 3.01. The number of amides is 1. The maximum Gasteiger partial charge on any atom is 0.236 e. The molecule has 1 fully saturated rings. The molecule has 0 unspecified atom stereocenters. The lowest BCUT2D eigenvalue weighted by atomic mass is 9.97. The number of nitrogens with one attached hydrogen (secondary N) is 1. The van der Waals surface area contributed by atoms with Crippen molar-refractivity contribution in [3.63, 3.8) is 0 Å². The van der Waals surface area contributed by atoms with Crippen molar-refractivity contribution >= 4 is 34.1 Å². The molecular weight excluding hydrogens is 364 g/mol. The van der Waals surface area contributed by atoms with Crippen LogP contribution in [0.5, 0.6) is 0 Å². The van der Waals surface area contributed by atoms with Crippen LogP contribution < -0.4 is 5.32 Å². The standard InChI is InChI=1S/C19H26N4OS2/c1-13-8-7-9-14(2)23(13)17(24)15(3)25-19-22-21-18(26-19)20-12-16-10-5-4-6-11-16/h4-6,10-11,13-15H,7-9,12H2,1-3H3,(H,20,21)/t13-,14-,15+/m0/s1. The minimum Gasteiger partial charge on any atom is -0.356 e. The molecule has 1 aromatic heterocycles. The number of aromatic nitrogens is 2. The van der Waals surface area contributed by atoms with Gasteiger partial charge in [-0.15, -0.1) is 10.2 Å². The average molecular weight is 391 g/mol. The summed E-state index contributed by atoms with van der Waals surface area (Å²) in [6.07, 6.45) is 3.40. The van der Waals surface area contributed by atoms with Crippen LogP contribution in [-0.4, -0.2) is 38.3 Å². The van der Waals surface area contributed by atoms with Crippen molar-refractivity contribution in [1.82, 2.24) is 15.1 Å². The van der Waals surface area contributed by atoms with Gasteiger partial charge in [-0.1, -0.05) is 53.4 Å². The van der Waals surface area contributed by atoms with E-state index in [1.54, 1.807) is 0 Å². The van der Waals surface area contributed by atoms with Gasteiger partial charge in [0, 0.05) is 18.6 Å². The van der Waals surface area contributed by atoms with Crippen LogP contribution in [0, 0.1) is 0 Å². The number of rotatable bonds is 6. The number of nitrogens with zero attached hydrogens (tertiary/aromatic N) is 3. The highest BCUT2D eigenvalue weighted by Gasteiger charge is 2.32. The lowest BCUT2D eigenvalue weighted by molar-refractivity contribution is -0.136. The number of benzene rings is 1. The van der Waals surface area contributed by atoms with Crippen LogP contribution >= 0.6 is 23.1 Å². The van der Waals surface area contributed by atoms with E-state index in [1.807, 2.05) is 25.1 Å². The van der Waals surface area contributed by atoms with Gasteiger partial charge >= 0.3 is 0 Å². The molecule has 26 heavy (non-hydrogen) atoms. The summed E-state index contributed by atoms with van der Waals surface area (Å²) < 4.78 is 0.832. The van der Waals surface area contributed by atoms with Crippen LogP contribution in [0.3, 0.4) is 0 Å². The van der Waals surface area contributed by atoms with E-state index in [4.69, 9.17) is 0 Å². The van der Waals surface area contributed by atoms with E-state index < -0.39 is 0 Å². The molecular formula is C19H26N4OS2. The monoisotopic (exact) mass is 390 g/mol. The molecule has 1 aliphatic heterocycles. The molecule has 2 aromatic rings. The molecule has 0 aliphatic carbocycles. The summed E-state index contributed by atoms with van der Waals surface area (Å²) in [5.74, 6) is 0.212. The maximum atomic E-state index is 12.9. The fourth-order valence-electron chi connectivity index (χ4n) is 3.37. The van der Waals surface area contributed by atoms with Crippen molar-refractivity contribution in [3.05, 3.63) is 35.9 Å². The fourth-order valence-corrected chi connectivity index (χ4v) is 5.32. The summed E-state index contributed by atoms with van der Waals surface area (Å²) in [6, 6.07) is 10.9. The highest BCUT2D eigenvalue weighted by atomic mass is 32.2. The zero-order valence-corrected chi connectivity index (χ0v) is 17.1. The number of hydrogen-bond acceptors (Lipinski definition) is 6. The molecule has 1 saturated heterocycles. The van der Waals surface area contributed by atoms with Crippen LogP contribution in [0.15, 0.2) is 34.7 Å². The quantitative estimate of drug-likeness (QED) is 0.740. The van der Waals surface area contributed by atoms with E-state index in [1.165, 1.54) is 35.1 Å². The minimum atomic E-state index is -0.145. The first-order valence-electron chi connectivity index (χ1n) is 9.14. The third-order valence-electron chi connectivity index (χ3n) is 4.77. The molecule has 0 saturated carbocycles. The van der Waals surface area contributed by atoms with E-state index >= 15 is 0 Å². The van der Waals surface area contributed by atoms with Gasteiger partial charge in [0.25, 0.3) is 0 Å². The van der Waals surface area contributed by atoms with Crippen LogP contribution in [-0.2, 0) is 11.3 Å². The number of likely N-dealkylation sites (tertiary alicyclic amines) is 1. The number of piperidine rings is 1. The van der Waals surface area contributed by atoms with Gasteiger partial charge in [-0.05, 0) is 45.6 Å². The number of hydrogen-bond donors (Lipinski definition) is 1. The van der Waals surface area contributed by atoms with Gasteiger partial charge in [-0.3, -0.25) is 4.79 Å². The van der Waals surface area contributed by atoms with Gasteiger partial charge in [0.05, 0.1) is 5.25 Å². The topological polar surface area (TPSA) is 58.1 Å². The average Bonchev–Trinajstić information content (AvgIpc) is 3.08. The Hall–Kier alpha value is -1.60. The van der Waals surface area contributed by atoms with Crippen LogP contribution in [0.25, 0.3) is 0 Å². The van der Waals surface area contributed by atoms with Gasteiger partial charge in [-0.25, -0.2) is 0 Å². The Morgan fingerprint density at radius 1 is 1.27 bits per heavy atom. The predicted molar refractivity (Wildman–Crippen MR) is 109 cm³/mol. The Morgan fingerprint density at radius 3 is 2.65 bits per heavy atom. The predicted octanol–water partition coefficient (Wildman–Crippen LogP) is 4.42. The minimum absolute atomic E-state index is 0.145. The van der Waals surface area contributed by atoms with Crippen molar-refractivity contribution < 1.29 is 4.79 Å². The smallest absolute Gasteiger partial charge is 0.236 e. The number of anilines is 1. The lowest BCUT2D eigenvalue weighted by Crippen LogP contribution is -2.50. The third-order valence-corrected chi connectivity index (χ3v) is 6.82. The second kappa shape index (κ2) is 8.86. The van der Waals surface area contributed by atoms with Gasteiger partial charge in [-0.2, -0.15) is 0 Å². The second-order valence-corrected chi connectivity index (χ2v) is 9.41. The zero-order chi connectivity index (χ0) is 18.5. The molecule has 7 heteroatoms. The maximum absolute atomic E-state index is 12.9. The van der Waals surface area contributed by atoms with Crippen molar-refractivity contribution in [1.29, 1.82) is 0 Å². The van der Waals surface area contributed by atoms with E-state index in [0.29, 0.717) is 12.1 Å². The Labute approximate surface area is 163 Å². The second-order valence-electron chi connectivity index (χ2n) is 6.85. The zero-order valence-electron chi connectivity index (χ0n) is 15.5. The van der Waals surface area contributed by atoms with Gasteiger partial charge in [0.2, 0.25) is 11.0 Å². The van der Waals surface area contributed by atoms with E-state index in [-0.39, 0.29) is 11.2 Å². The van der Waals surface area contributed by atoms with Crippen LogP contribution in [0.2, 0.25) is 0 Å². The number of carbonyl (C=O) groups is 1. The summed E-state index contributed by atoms with van der Waals surface area (Å²) in [4.78, 5) is 15.0. The van der Waals surface area contributed by atoms with E-state index in [0.717, 1.165) is 28.9 Å². The Balaban J connectivity index is 1.55. The molecule has 140 valence electrons. The highest BCUT2D eigenvalue weighted by Crippen LogP contribution is 2.32. The largest absolute Gasteiger partial charge is 0.356 e. The van der Waals surface area contributed by atoms with Crippen LogP contribution in [0.1, 0.15) is 45.6 Å². The van der Waals surface area contributed by atoms with Crippen molar-refractivity contribution in [2.24, 2.45) is 0 Å². The fraction of sp³-hybridized carbons (Fsp3) is 0.526. The first-order valence-corrected chi connectivity index (χ1v) is 10.8. The Kier molecular flexibility index (Phi) is 6.53. The van der Waals surface area contributed by atoms with Gasteiger partial charge < -0.3 is 10.2 Å². The molecule has 5 nitrogen and oxygen atoms in total. The molecule has 3 rings (SSSR count). The van der Waals surface area contributed by atoms with Crippen LogP contribution in [0.4, 0.5) is 5.13 Å². The highest BCUT2D eigenvalue weighted by molar-refractivity contribution is 8.02. The van der Waals surface area contributed by atoms with Gasteiger partial charge in [0.1, 0.15) is 0 Å². The molecule has 3 atom stereocenters. The van der Waals surface area contributed by atoms with Crippen molar-refractivity contribution in [2.75, 3.05) is 5.32 Å². The van der Waals surface area contributed by atoms with E-state index in [9.17, 15) is 4.79 Å². The number of thioether (sulfide) groups is 1. The first kappa shape index (κ1) is 19.2. The normalized spacial score (nSPS) is 21.4. The molecule has 0 radical (unpaired) electrons. The molecule has 1 amide bonds. The summed E-state index contributed by atoms with van der Waals surface area (Å²) in [5, 5.41) is 12.4. The molecule has 0 spiro atoms. The molecule has 1 N–H and O–H groups in total. The van der Waals surface area contributed by atoms with Crippen molar-refractivity contribution in [2.45, 2.75) is 68.3 Å². The summed E-state index contributed by atoms with van der Waals surface area (Å²) in [7, 11) is 0. The molecule has 0 bridgehead atoms. The number of carbonyl (C=O) groups excluding carboxylic acids is 1. The third kappa shape index (κ3) is 4.76. The van der Waals surface area contributed by atoms with Crippen molar-refractivity contribution in [3.8, 4) is 0 Å². The Morgan fingerprint density at radius 2 is 1.96 bits per heavy atom. The Bertz CT molecular complexity index is 711. The van der Waals surface area contributed by atoms with E-state index in [2.05, 4.69) is 46.4 Å². The summed E-state index contributed by atoms with van der Waals surface area (Å²) in [6.45, 7) is 7.00. The SMILES string of the molecule is C[C@@H](Sc1nnc(NCc2ccccc2)s1)C(=O)N1[C@@H](C)CCC[C@@H]1C. The van der Waals surface area contributed by atoms with Gasteiger partial charge in [0.15, 0.2) is 4.34 Å². The lowest BCUT2D eigenvalue weighted by Gasteiger charge is -2.40. The first-order chi connectivity index (χ1) is 12.5.